The normalized spacial score (nSPS) is 13.0. The van der Waals surface area contributed by atoms with Crippen molar-refractivity contribution in [1.82, 2.24) is 5.32 Å². The number of nitrogens with one attached hydrogen (secondary N) is 1. The second-order valence-electron chi connectivity index (χ2n) is 6.52. The van der Waals surface area contributed by atoms with Crippen LogP contribution in [0, 0.1) is 5.41 Å². The minimum Gasteiger partial charge on any atom is -0.493 e. The van der Waals surface area contributed by atoms with Crippen LogP contribution in [0.15, 0.2) is 18.2 Å². The predicted octanol–water partition coefficient (Wildman–Crippen LogP) is 4.05. The maximum absolute atomic E-state index is 6.03. The monoisotopic (exact) mass is 293 g/mol. The van der Waals surface area contributed by atoms with E-state index in [4.69, 9.17) is 9.47 Å². The van der Waals surface area contributed by atoms with Gasteiger partial charge in [-0.25, -0.2) is 0 Å². The average molecular weight is 293 g/mol. The van der Waals surface area contributed by atoms with E-state index in [1.165, 1.54) is 5.56 Å². The van der Waals surface area contributed by atoms with Gasteiger partial charge in [0, 0.05) is 6.04 Å². The van der Waals surface area contributed by atoms with Crippen molar-refractivity contribution in [3.8, 4) is 11.5 Å². The Morgan fingerprint density at radius 2 is 1.86 bits per heavy atom. The maximum Gasteiger partial charge on any atom is 0.161 e. The van der Waals surface area contributed by atoms with Crippen molar-refractivity contribution in [3.63, 3.8) is 0 Å². The molecular weight excluding hydrogens is 262 g/mol. The van der Waals surface area contributed by atoms with E-state index < -0.39 is 0 Å². The Bertz CT molecular complexity index is 424. The zero-order valence-corrected chi connectivity index (χ0v) is 14.5. The van der Waals surface area contributed by atoms with Gasteiger partial charge in [0.1, 0.15) is 6.61 Å². The van der Waals surface area contributed by atoms with Crippen molar-refractivity contribution >= 4 is 0 Å². The highest BCUT2D eigenvalue weighted by Gasteiger charge is 2.25. The van der Waals surface area contributed by atoms with Gasteiger partial charge in [-0.3, -0.25) is 0 Å². The number of benzene rings is 1. The van der Waals surface area contributed by atoms with Crippen molar-refractivity contribution in [1.29, 1.82) is 0 Å². The van der Waals surface area contributed by atoms with Gasteiger partial charge in [0.25, 0.3) is 0 Å². The Labute approximate surface area is 130 Å². The molecule has 3 heteroatoms. The molecule has 0 aliphatic heterocycles. The van der Waals surface area contributed by atoms with Crippen LogP contribution in [0.4, 0.5) is 0 Å². The average Bonchev–Trinajstić information content (AvgIpc) is 2.45. The highest BCUT2D eigenvalue weighted by atomic mass is 16.5. The summed E-state index contributed by atoms with van der Waals surface area (Å²) in [4.78, 5) is 0. The van der Waals surface area contributed by atoms with Crippen molar-refractivity contribution in [3.05, 3.63) is 23.8 Å². The van der Waals surface area contributed by atoms with Crippen LogP contribution in [0.5, 0.6) is 11.5 Å². The molecule has 1 rings (SSSR count). The van der Waals surface area contributed by atoms with Crippen LogP contribution in [-0.2, 0) is 6.42 Å². The highest BCUT2D eigenvalue weighted by molar-refractivity contribution is 5.43. The molecule has 0 fully saturated rings. The maximum atomic E-state index is 6.03. The zero-order valence-electron chi connectivity index (χ0n) is 14.5. The summed E-state index contributed by atoms with van der Waals surface area (Å²) in [6.07, 6.45) is 2.13. The van der Waals surface area contributed by atoms with Crippen LogP contribution in [0.3, 0.4) is 0 Å². The topological polar surface area (TPSA) is 30.5 Å². The van der Waals surface area contributed by atoms with Crippen LogP contribution in [0.2, 0.25) is 0 Å². The molecule has 0 heterocycles. The molecular formula is C18H31NO2. The lowest BCUT2D eigenvalue weighted by molar-refractivity contribution is 0.170. The number of aryl methyl sites for hydroxylation is 1. The van der Waals surface area contributed by atoms with Gasteiger partial charge in [-0.05, 0) is 42.5 Å². The van der Waals surface area contributed by atoms with Crippen LogP contribution < -0.4 is 14.8 Å². The Kier molecular flexibility index (Phi) is 7.03. The summed E-state index contributed by atoms with van der Waals surface area (Å²) in [5.41, 5.74) is 1.42. The molecule has 120 valence electrons. The molecule has 1 N–H and O–H groups in total. The molecule has 1 unspecified atom stereocenters. The van der Waals surface area contributed by atoms with Gasteiger partial charge >= 0.3 is 0 Å². The van der Waals surface area contributed by atoms with Gasteiger partial charge in [-0.15, -0.1) is 0 Å². The van der Waals surface area contributed by atoms with Crippen molar-refractivity contribution < 1.29 is 9.47 Å². The van der Waals surface area contributed by atoms with Crippen molar-refractivity contribution in [2.45, 2.75) is 53.5 Å². The lowest BCUT2D eigenvalue weighted by atomic mass is 9.87. The third-order valence-electron chi connectivity index (χ3n) is 3.73. The summed E-state index contributed by atoms with van der Waals surface area (Å²) in [6.45, 7) is 12.7. The summed E-state index contributed by atoms with van der Waals surface area (Å²) in [6, 6.07) is 6.48. The smallest absolute Gasteiger partial charge is 0.161 e. The number of hydrogen-bond acceptors (Lipinski definition) is 3. The SMILES string of the molecule is CCCNC(COc1ccc(CC)cc1OC)C(C)(C)C. The highest BCUT2D eigenvalue weighted by Crippen LogP contribution is 2.29. The Balaban J connectivity index is 2.75. The quantitative estimate of drug-likeness (QED) is 0.784. The van der Waals surface area contributed by atoms with E-state index in [1.807, 2.05) is 6.07 Å². The molecule has 3 nitrogen and oxygen atoms in total. The molecule has 0 aliphatic carbocycles. The van der Waals surface area contributed by atoms with Gasteiger partial charge in [0.2, 0.25) is 0 Å². The molecule has 0 bridgehead atoms. The van der Waals surface area contributed by atoms with E-state index in [9.17, 15) is 0 Å². The summed E-state index contributed by atoms with van der Waals surface area (Å²) < 4.78 is 11.5. The Hall–Kier alpha value is -1.22. The summed E-state index contributed by atoms with van der Waals surface area (Å²) in [7, 11) is 1.69. The van der Waals surface area contributed by atoms with Crippen LogP contribution in [0.25, 0.3) is 0 Å². The molecule has 1 aromatic carbocycles. The fourth-order valence-corrected chi connectivity index (χ4v) is 2.16. The first-order valence-corrected chi connectivity index (χ1v) is 7.95. The second-order valence-corrected chi connectivity index (χ2v) is 6.52. The first-order chi connectivity index (χ1) is 9.92. The molecule has 0 saturated carbocycles. The van der Waals surface area contributed by atoms with E-state index in [0.717, 1.165) is 30.9 Å². The summed E-state index contributed by atoms with van der Waals surface area (Å²) >= 11 is 0. The zero-order chi connectivity index (χ0) is 15.9. The fourth-order valence-electron chi connectivity index (χ4n) is 2.16. The van der Waals surface area contributed by atoms with Crippen LogP contribution in [-0.4, -0.2) is 26.3 Å². The minimum atomic E-state index is 0.158. The molecule has 21 heavy (non-hydrogen) atoms. The molecule has 0 aliphatic rings. The largest absolute Gasteiger partial charge is 0.493 e. The van der Waals surface area contributed by atoms with E-state index >= 15 is 0 Å². The standard InChI is InChI=1S/C18H31NO2/c1-7-11-19-17(18(3,4)5)13-21-15-10-9-14(8-2)12-16(15)20-6/h9-10,12,17,19H,7-8,11,13H2,1-6H3. The predicted molar refractivity (Wildman–Crippen MR) is 89.4 cm³/mol. The fraction of sp³-hybridized carbons (Fsp3) is 0.667. The lowest BCUT2D eigenvalue weighted by Crippen LogP contribution is -2.45. The van der Waals surface area contributed by atoms with Gasteiger partial charge < -0.3 is 14.8 Å². The van der Waals surface area contributed by atoms with E-state index in [1.54, 1.807) is 7.11 Å². The Morgan fingerprint density at radius 3 is 2.38 bits per heavy atom. The molecule has 0 aromatic heterocycles. The summed E-state index contributed by atoms with van der Waals surface area (Å²) in [5, 5.41) is 3.57. The van der Waals surface area contributed by atoms with Crippen LogP contribution >= 0.6 is 0 Å². The Morgan fingerprint density at radius 1 is 1.14 bits per heavy atom. The van der Waals surface area contributed by atoms with Gasteiger partial charge in [0.15, 0.2) is 11.5 Å². The lowest BCUT2D eigenvalue weighted by Gasteiger charge is -2.31. The second kappa shape index (κ2) is 8.28. The van der Waals surface area contributed by atoms with Gasteiger partial charge in [-0.2, -0.15) is 0 Å². The van der Waals surface area contributed by atoms with E-state index in [2.05, 4.69) is 52.1 Å². The molecule has 0 radical (unpaired) electrons. The summed E-state index contributed by atoms with van der Waals surface area (Å²) in [5.74, 6) is 1.64. The van der Waals surface area contributed by atoms with Crippen LogP contribution in [0.1, 0.15) is 46.6 Å². The molecule has 1 aromatic rings. The van der Waals surface area contributed by atoms with Gasteiger partial charge in [-0.1, -0.05) is 40.7 Å². The van der Waals surface area contributed by atoms with E-state index in [-0.39, 0.29) is 5.41 Å². The first-order valence-electron chi connectivity index (χ1n) is 7.95. The third-order valence-corrected chi connectivity index (χ3v) is 3.73. The molecule has 0 amide bonds. The number of rotatable bonds is 8. The third kappa shape index (κ3) is 5.58. The molecule has 1 atom stereocenters. The first kappa shape index (κ1) is 17.8. The van der Waals surface area contributed by atoms with Crippen molar-refractivity contribution in [2.75, 3.05) is 20.3 Å². The number of ether oxygens (including phenoxy) is 2. The van der Waals surface area contributed by atoms with E-state index in [0.29, 0.717) is 12.6 Å². The number of hydrogen-bond donors (Lipinski definition) is 1. The molecule has 0 spiro atoms. The number of methoxy groups -OCH3 is 1. The minimum absolute atomic E-state index is 0.158. The molecule has 0 saturated heterocycles. The van der Waals surface area contributed by atoms with Crippen molar-refractivity contribution in [2.24, 2.45) is 5.41 Å². The van der Waals surface area contributed by atoms with Gasteiger partial charge in [0.05, 0.1) is 7.11 Å².